The second kappa shape index (κ2) is 7.86. The summed E-state index contributed by atoms with van der Waals surface area (Å²) in [5, 5.41) is 0.663. The van der Waals surface area contributed by atoms with Gasteiger partial charge in [-0.15, -0.1) is 6.42 Å². The Morgan fingerprint density at radius 2 is 1.80 bits per heavy atom. The molecule has 2 N–H and O–H groups in total. The summed E-state index contributed by atoms with van der Waals surface area (Å²) in [6.45, 7) is 3.04. The van der Waals surface area contributed by atoms with E-state index < -0.39 is 6.04 Å². The molecule has 0 bridgehead atoms. The highest BCUT2D eigenvalue weighted by atomic mass is 35.5. The highest BCUT2D eigenvalue weighted by Crippen LogP contribution is 2.19. The summed E-state index contributed by atoms with van der Waals surface area (Å²) in [5.74, 6) is 3.86. The Morgan fingerprint density at radius 1 is 1.16 bits per heavy atom. The first kappa shape index (κ1) is 17.1. The number of hydrogen-bond donors (Lipinski definition) is 1. The number of rotatable bonds is 3. The number of aliphatic imine (C=N–C) groups is 1. The number of terminal acetylenes is 1. The standard InChI is InChI=1S/C18H19ClN6/c1-2-16(14-4-6-15(19)7-5-14)23-17(20)24-10-12-25(13-11-24)18-21-8-3-9-22-18/h1,3-9,16H,10-13H2,(H2,20,23). The monoisotopic (exact) mass is 354 g/mol. The Morgan fingerprint density at radius 3 is 2.40 bits per heavy atom. The first-order valence-electron chi connectivity index (χ1n) is 7.99. The lowest BCUT2D eigenvalue weighted by atomic mass is 10.1. The van der Waals surface area contributed by atoms with Crippen LogP contribution in [0.15, 0.2) is 47.7 Å². The Labute approximate surface area is 152 Å². The molecule has 0 saturated carbocycles. The minimum Gasteiger partial charge on any atom is -0.370 e. The number of nitrogens with two attached hydrogens (primary N) is 1. The van der Waals surface area contributed by atoms with E-state index in [4.69, 9.17) is 23.8 Å². The predicted molar refractivity (Wildman–Crippen MR) is 100 cm³/mol. The summed E-state index contributed by atoms with van der Waals surface area (Å²) in [6.07, 6.45) is 9.12. The summed E-state index contributed by atoms with van der Waals surface area (Å²) in [6, 6.07) is 8.72. The molecular formula is C18H19ClN6. The van der Waals surface area contributed by atoms with E-state index in [0.717, 1.165) is 37.7 Å². The maximum atomic E-state index is 6.18. The number of nitrogens with zero attached hydrogens (tertiary/aromatic N) is 5. The fraction of sp³-hybridized carbons (Fsp3) is 0.278. The molecule has 1 saturated heterocycles. The third-order valence-corrected chi connectivity index (χ3v) is 4.30. The highest BCUT2D eigenvalue weighted by Gasteiger charge is 2.20. The number of piperazine rings is 1. The van der Waals surface area contributed by atoms with Crippen LogP contribution in [0.1, 0.15) is 11.6 Å². The number of anilines is 1. The molecule has 2 heterocycles. The van der Waals surface area contributed by atoms with E-state index >= 15 is 0 Å². The van der Waals surface area contributed by atoms with Gasteiger partial charge in [0.1, 0.15) is 6.04 Å². The van der Waals surface area contributed by atoms with Crippen molar-refractivity contribution in [2.45, 2.75) is 6.04 Å². The molecule has 128 valence electrons. The smallest absolute Gasteiger partial charge is 0.225 e. The molecule has 25 heavy (non-hydrogen) atoms. The fourth-order valence-corrected chi connectivity index (χ4v) is 2.78. The topological polar surface area (TPSA) is 70.6 Å². The second-order valence-corrected chi connectivity index (χ2v) is 6.07. The van der Waals surface area contributed by atoms with Gasteiger partial charge in [-0.1, -0.05) is 29.7 Å². The molecule has 1 atom stereocenters. The van der Waals surface area contributed by atoms with Crippen LogP contribution in [-0.4, -0.2) is 47.0 Å². The third-order valence-electron chi connectivity index (χ3n) is 4.04. The normalized spacial score (nSPS) is 16.4. The van der Waals surface area contributed by atoms with Crippen molar-refractivity contribution in [3.8, 4) is 12.3 Å². The van der Waals surface area contributed by atoms with Crippen LogP contribution in [0.25, 0.3) is 0 Å². The number of benzene rings is 1. The first-order chi connectivity index (χ1) is 12.2. The van der Waals surface area contributed by atoms with E-state index in [9.17, 15) is 0 Å². The zero-order chi connectivity index (χ0) is 17.6. The Hall–Kier alpha value is -2.78. The van der Waals surface area contributed by atoms with Crippen molar-refractivity contribution in [2.75, 3.05) is 31.1 Å². The van der Waals surface area contributed by atoms with Gasteiger partial charge in [0.15, 0.2) is 5.96 Å². The van der Waals surface area contributed by atoms with Gasteiger partial charge in [0, 0.05) is 43.6 Å². The number of guanidine groups is 1. The van der Waals surface area contributed by atoms with Crippen molar-refractivity contribution < 1.29 is 0 Å². The van der Waals surface area contributed by atoms with Crippen molar-refractivity contribution in [1.29, 1.82) is 0 Å². The van der Waals surface area contributed by atoms with Gasteiger partial charge in [0.05, 0.1) is 0 Å². The molecular weight excluding hydrogens is 336 g/mol. The lowest BCUT2D eigenvalue weighted by molar-refractivity contribution is 0.377. The van der Waals surface area contributed by atoms with Crippen molar-refractivity contribution in [1.82, 2.24) is 14.9 Å². The van der Waals surface area contributed by atoms with Crippen LogP contribution in [0.5, 0.6) is 0 Å². The van der Waals surface area contributed by atoms with Gasteiger partial charge in [-0.05, 0) is 23.8 Å². The fourth-order valence-electron chi connectivity index (χ4n) is 2.66. The number of aromatic nitrogens is 2. The van der Waals surface area contributed by atoms with Crippen LogP contribution in [0.4, 0.5) is 5.95 Å². The molecule has 1 aliphatic heterocycles. The summed E-state index contributed by atoms with van der Waals surface area (Å²) < 4.78 is 0. The second-order valence-electron chi connectivity index (χ2n) is 5.63. The molecule has 0 spiro atoms. The SMILES string of the molecule is C#CC(N=C(N)N1CCN(c2ncccn2)CC1)c1ccc(Cl)cc1. The van der Waals surface area contributed by atoms with Gasteiger partial charge >= 0.3 is 0 Å². The van der Waals surface area contributed by atoms with E-state index in [2.05, 4.69) is 25.8 Å². The van der Waals surface area contributed by atoms with Crippen LogP contribution < -0.4 is 10.6 Å². The summed E-state index contributed by atoms with van der Waals surface area (Å²) in [7, 11) is 0. The molecule has 1 aromatic carbocycles. The summed E-state index contributed by atoms with van der Waals surface area (Å²) in [4.78, 5) is 17.2. The average Bonchev–Trinajstić information content (AvgIpc) is 2.67. The van der Waals surface area contributed by atoms with Crippen molar-refractivity contribution in [2.24, 2.45) is 10.7 Å². The quantitative estimate of drug-likeness (QED) is 0.518. The number of hydrogen-bond acceptors (Lipinski definition) is 4. The van der Waals surface area contributed by atoms with Crippen molar-refractivity contribution in [3.05, 3.63) is 53.3 Å². The molecule has 1 fully saturated rings. The maximum absolute atomic E-state index is 6.18. The van der Waals surface area contributed by atoms with Gasteiger partial charge in [-0.3, -0.25) is 0 Å². The first-order valence-corrected chi connectivity index (χ1v) is 8.37. The van der Waals surface area contributed by atoms with Crippen LogP contribution >= 0.6 is 11.6 Å². The van der Waals surface area contributed by atoms with E-state index in [0.29, 0.717) is 11.0 Å². The van der Waals surface area contributed by atoms with E-state index in [1.807, 2.05) is 17.0 Å². The average molecular weight is 355 g/mol. The number of halogens is 1. The Kier molecular flexibility index (Phi) is 5.36. The van der Waals surface area contributed by atoms with Crippen LogP contribution in [0.2, 0.25) is 5.02 Å². The maximum Gasteiger partial charge on any atom is 0.225 e. The lowest BCUT2D eigenvalue weighted by Crippen LogP contribution is -2.51. The lowest BCUT2D eigenvalue weighted by Gasteiger charge is -2.35. The van der Waals surface area contributed by atoms with Crippen LogP contribution in [-0.2, 0) is 0 Å². The van der Waals surface area contributed by atoms with Crippen molar-refractivity contribution >= 4 is 23.5 Å². The molecule has 1 aliphatic rings. The van der Waals surface area contributed by atoms with Gasteiger partial charge in [0.25, 0.3) is 0 Å². The molecule has 2 aromatic rings. The third kappa shape index (κ3) is 4.20. The predicted octanol–water partition coefficient (Wildman–Crippen LogP) is 1.94. The zero-order valence-corrected chi connectivity index (χ0v) is 14.5. The molecule has 1 aromatic heterocycles. The molecule has 3 rings (SSSR count). The molecule has 0 amide bonds. The minimum atomic E-state index is -0.423. The molecule has 7 heteroatoms. The summed E-state index contributed by atoms with van der Waals surface area (Å²) in [5.41, 5.74) is 7.08. The Balaban J connectivity index is 1.65. The zero-order valence-electron chi connectivity index (χ0n) is 13.7. The van der Waals surface area contributed by atoms with E-state index in [1.165, 1.54) is 0 Å². The van der Waals surface area contributed by atoms with E-state index in [1.54, 1.807) is 30.6 Å². The Bertz CT molecular complexity index is 760. The van der Waals surface area contributed by atoms with Gasteiger partial charge < -0.3 is 15.5 Å². The molecule has 0 aliphatic carbocycles. The van der Waals surface area contributed by atoms with Gasteiger partial charge in [0.2, 0.25) is 5.95 Å². The molecule has 1 unspecified atom stereocenters. The largest absolute Gasteiger partial charge is 0.370 e. The molecule has 0 radical (unpaired) electrons. The van der Waals surface area contributed by atoms with Gasteiger partial charge in [-0.25, -0.2) is 15.0 Å². The summed E-state index contributed by atoms with van der Waals surface area (Å²) >= 11 is 5.92. The van der Waals surface area contributed by atoms with Crippen LogP contribution in [0.3, 0.4) is 0 Å². The van der Waals surface area contributed by atoms with Crippen LogP contribution in [0, 0.1) is 12.3 Å². The minimum absolute atomic E-state index is 0.423. The van der Waals surface area contributed by atoms with E-state index in [-0.39, 0.29) is 0 Å². The van der Waals surface area contributed by atoms with Crippen molar-refractivity contribution in [3.63, 3.8) is 0 Å². The highest BCUT2D eigenvalue weighted by molar-refractivity contribution is 6.30. The van der Waals surface area contributed by atoms with Gasteiger partial charge in [-0.2, -0.15) is 0 Å². The molecule has 6 nitrogen and oxygen atoms in total.